The topological polar surface area (TPSA) is 69.7 Å². The molecule has 1 aromatic rings. The van der Waals surface area contributed by atoms with Gasteiger partial charge >= 0.3 is 0 Å². The van der Waals surface area contributed by atoms with Crippen molar-refractivity contribution in [3.05, 3.63) is 35.1 Å². The molecule has 2 aliphatic heterocycles. The molecular formula is C17H20FN3O3. The number of nitrogens with one attached hydrogen (secondary N) is 1. The summed E-state index contributed by atoms with van der Waals surface area (Å²) in [5, 5.41) is 2.82. The van der Waals surface area contributed by atoms with Crippen LogP contribution < -0.4 is 5.32 Å². The van der Waals surface area contributed by atoms with Crippen LogP contribution in [0.5, 0.6) is 0 Å². The lowest BCUT2D eigenvalue weighted by molar-refractivity contribution is -0.136. The minimum atomic E-state index is -0.433. The first-order valence-corrected chi connectivity index (χ1v) is 7.97. The summed E-state index contributed by atoms with van der Waals surface area (Å²) in [5.74, 6) is -1.04. The summed E-state index contributed by atoms with van der Waals surface area (Å²) in [6, 6.07) is 4.16. The fraction of sp³-hybridized carbons (Fsp3) is 0.471. The van der Waals surface area contributed by atoms with Gasteiger partial charge in [0.25, 0.3) is 5.91 Å². The summed E-state index contributed by atoms with van der Waals surface area (Å²) >= 11 is 0. The number of amides is 3. The number of carbonyl (C=O) groups excluding carboxylic acids is 3. The molecule has 2 unspecified atom stereocenters. The van der Waals surface area contributed by atoms with Gasteiger partial charge in [0.2, 0.25) is 11.8 Å². The highest BCUT2D eigenvalue weighted by Gasteiger charge is 2.41. The molecule has 24 heavy (non-hydrogen) atoms. The molecule has 2 fully saturated rings. The van der Waals surface area contributed by atoms with Gasteiger partial charge in [0.05, 0.1) is 6.04 Å². The molecule has 6 nitrogen and oxygen atoms in total. The Kier molecular flexibility index (Phi) is 4.26. The van der Waals surface area contributed by atoms with Crippen molar-refractivity contribution in [2.45, 2.75) is 32.4 Å². The zero-order chi connectivity index (χ0) is 17.4. The van der Waals surface area contributed by atoms with Gasteiger partial charge in [0.15, 0.2) is 0 Å². The average Bonchev–Trinajstić information content (AvgIpc) is 2.91. The van der Waals surface area contributed by atoms with E-state index in [9.17, 15) is 18.8 Å². The summed E-state index contributed by atoms with van der Waals surface area (Å²) in [7, 11) is 0. The Morgan fingerprint density at radius 1 is 1.29 bits per heavy atom. The third-order valence-corrected chi connectivity index (χ3v) is 4.61. The van der Waals surface area contributed by atoms with Crippen LogP contribution in [0.25, 0.3) is 0 Å². The van der Waals surface area contributed by atoms with E-state index in [1.54, 1.807) is 24.0 Å². The van der Waals surface area contributed by atoms with Crippen molar-refractivity contribution >= 4 is 17.7 Å². The van der Waals surface area contributed by atoms with Crippen molar-refractivity contribution in [1.29, 1.82) is 0 Å². The predicted molar refractivity (Wildman–Crippen MR) is 84.8 cm³/mol. The number of fused-ring (bicyclic) bond motifs is 1. The number of carbonyl (C=O) groups is 3. The Labute approximate surface area is 139 Å². The lowest BCUT2D eigenvalue weighted by Crippen LogP contribution is -2.55. The second-order valence-corrected chi connectivity index (χ2v) is 6.48. The lowest BCUT2D eigenvalue weighted by atomic mass is 10.1. The van der Waals surface area contributed by atoms with Gasteiger partial charge in [-0.1, -0.05) is 6.07 Å². The van der Waals surface area contributed by atoms with Crippen LogP contribution in [-0.4, -0.2) is 59.2 Å². The van der Waals surface area contributed by atoms with Gasteiger partial charge in [-0.2, -0.15) is 0 Å². The van der Waals surface area contributed by atoms with Crippen molar-refractivity contribution < 1.29 is 18.8 Å². The molecule has 0 spiro atoms. The lowest BCUT2D eigenvalue weighted by Gasteiger charge is -2.36. The van der Waals surface area contributed by atoms with E-state index in [0.29, 0.717) is 25.1 Å². The van der Waals surface area contributed by atoms with Crippen molar-refractivity contribution in [2.75, 3.05) is 19.6 Å². The number of aryl methyl sites for hydroxylation is 1. The van der Waals surface area contributed by atoms with E-state index in [2.05, 4.69) is 5.32 Å². The van der Waals surface area contributed by atoms with Gasteiger partial charge in [0.1, 0.15) is 12.4 Å². The maximum absolute atomic E-state index is 13.7. The van der Waals surface area contributed by atoms with E-state index in [4.69, 9.17) is 0 Å². The third kappa shape index (κ3) is 3.11. The molecular weight excluding hydrogens is 313 g/mol. The Bertz CT molecular complexity index is 706. The second-order valence-electron chi connectivity index (χ2n) is 6.48. The molecule has 3 amide bonds. The summed E-state index contributed by atoms with van der Waals surface area (Å²) < 4.78 is 13.7. The van der Waals surface area contributed by atoms with E-state index >= 15 is 0 Å². The van der Waals surface area contributed by atoms with E-state index in [1.165, 1.54) is 17.9 Å². The molecule has 3 rings (SSSR count). The van der Waals surface area contributed by atoms with Gasteiger partial charge in [-0.15, -0.1) is 0 Å². The molecule has 2 atom stereocenters. The number of rotatable bonds is 2. The van der Waals surface area contributed by atoms with Crippen molar-refractivity contribution in [1.82, 2.24) is 15.1 Å². The first-order valence-electron chi connectivity index (χ1n) is 7.97. The Balaban J connectivity index is 1.72. The normalized spacial score (nSPS) is 23.2. The molecule has 7 heteroatoms. The molecule has 128 valence electrons. The molecule has 2 heterocycles. The Hall–Kier alpha value is -2.44. The fourth-order valence-corrected chi connectivity index (χ4v) is 3.42. The maximum Gasteiger partial charge on any atom is 0.254 e. The number of hydrogen-bond acceptors (Lipinski definition) is 3. The van der Waals surface area contributed by atoms with Gasteiger partial charge < -0.3 is 15.1 Å². The van der Waals surface area contributed by atoms with Crippen molar-refractivity contribution in [3.8, 4) is 0 Å². The quantitative estimate of drug-likeness (QED) is 0.866. The van der Waals surface area contributed by atoms with Crippen LogP contribution in [-0.2, 0) is 9.59 Å². The molecule has 0 aromatic heterocycles. The zero-order valence-electron chi connectivity index (χ0n) is 13.7. The number of hydrogen-bond donors (Lipinski definition) is 1. The predicted octanol–water partition coefficient (Wildman–Crippen LogP) is 0.696. The highest BCUT2D eigenvalue weighted by atomic mass is 19.1. The zero-order valence-corrected chi connectivity index (χ0v) is 13.7. The largest absolute Gasteiger partial charge is 0.352 e. The van der Waals surface area contributed by atoms with E-state index < -0.39 is 5.82 Å². The first-order chi connectivity index (χ1) is 11.3. The monoisotopic (exact) mass is 333 g/mol. The molecule has 0 aliphatic carbocycles. The summed E-state index contributed by atoms with van der Waals surface area (Å²) in [4.78, 5) is 39.3. The number of piperazine rings is 1. The van der Waals surface area contributed by atoms with Crippen molar-refractivity contribution in [3.63, 3.8) is 0 Å². The smallest absolute Gasteiger partial charge is 0.254 e. The highest BCUT2D eigenvalue weighted by Crippen LogP contribution is 2.24. The molecule has 0 bridgehead atoms. The minimum Gasteiger partial charge on any atom is -0.352 e. The van der Waals surface area contributed by atoms with Crippen LogP contribution in [0.2, 0.25) is 0 Å². The van der Waals surface area contributed by atoms with Gasteiger partial charge in [0, 0.05) is 31.6 Å². The molecule has 0 saturated carbocycles. The van der Waals surface area contributed by atoms with Gasteiger partial charge in [-0.25, -0.2) is 4.39 Å². The van der Waals surface area contributed by atoms with Crippen LogP contribution in [0.4, 0.5) is 4.39 Å². The standard InChI is InChI=1S/C17H20FN3O3/c1-10-3-4-12(5-15(10)18)17(24)20-8-14-6-13(19-11(2)22)7-21(14)16(23)9-20/h3-5,13-14H,6-9H2,1-2H3,(H,19,22). The summed E-state index contributed by atoms with van der Waals surface area (Å²) in [6.07, 6.45) is 0.622. The van der Waals surface area contributed by atoms with E-state index in [-0.39, 0.29) is 41.9 Å². The fourth-order valence-electron chi connectivity index (χ4n) is 3.42. The van der Waals surface area contributed by atoms with Crippen LogP contribution in [0.3, 0.4) is 0 Å². The van der Waals surface area contributed by atoms with Crippen LogP contribution in [0.15, 0.2) is 18.2 Å². The van der Waals surface area contributed by atoms with E-state index in [0.717, 1.165) is 0 Å². The molecule has 2 saturated heterocycles. The highest BCUT2D eigenvalue weighted by molar-refractivity contribution is 5.97. The molecule has 1 N–H and O–H groups in total. The SMILES string of the molecule is CC(=O)NC1CC2CN(C(=O)c3ccc(C)c(F)c3)CC(=O)N2C1. The molecule has 2 aliphatic rings. The number of nitrogens with zero attached hydrogens (tertiary/aromatic N) is 2. The van der Waals surface area contributed by atoms with Crippen molar-refractivity contribution in [2.24, 2.45) is 0 Å². The number of halogens is 1. The average molecular weight is 333 g/mol. The molecule has 0 radical (unpaired) electrons. The maximum atomic E-state index is 13.7. The summed E-state index contributed by atoms with van der Waals surface area (Å²) in [5.41, 5.74) is 0.720. The van der Waals surface area contributed by atoms with Crippen LogP contribution in [0.1, 0.15) is 29.3 Å². The van der Waals surface area contributed by atoms with Gasteiger partial charge in [-0.05, 0) is 31.0 Å². The van der Waals surface area contributed by atoms with Gasteiger partial charge in [-0.3, -0.25) is 14.4 Å². The van der Waals surface area contributed by atoms with Crippen LogP contribution >= 0.6 is 0 Å². The first kappa shape index (κ1) is 16.4. The van der Waals surface area contributed by atoms with E-state index in [1.807, 2.05) is 0 Å². The second kappa shape index (κ2) is 6.22. The summed E-state index contributed by atoms with van der Waals surface area (Å²) in [6.45, 7) is 3.94. The minimum absolute atomic E-state index is 0.0162. The van der Waals surface area contributed by atoms with Crippen LogP contribution in [0, 0.1) is 12.7 Å². The molecule has 1 aromatic carbocycles. The Morgan fingerprint density at radius 2 is 2.04 bits per heavy atom. The number of benzene rings is 1. The third-order valence-electron chi connectivity index (χ3n) is 4.61. The Morgan fingerprint density at radius 3 is 2.71 bits per heavy atom.